The molecule has 0 unspecified atom stereocenters. The summed E-state index contributed by atoms with van der Waals surface area (Å²) in [6.45, 7) is 5.99. The van der Waals surface area contributed by atoms with Crippen LogP contribution in [-0.4, -0.2) is 32.6 Å². The van der Waals surface area contributed by atoms with Crippen LogP contribution in [0.5, 0.6) is 0 Å². The van der Waals surface area contributed by atoms with E-state index in [0.717, 1.165) is 29.5 Å². The fourth-order valence-electron chi connectivity index (χ4n) is 2.12. The summed E-state index contributed by atoms with van der Waals surface area (Å²) in [4.78, 5) is 14.7. The van der Waals surface area contributed by atoms with Crippen molar-refractivity contribution in [1.29, 1.82) is 0 Å². The van der Waals surface area contributed by atoms with E-state index in [1.807, 2.05) is 0 Å². The van der Waals surface area contributed by atoms with Crippen LogP contribution in [0.15, 0.2) is 34.2 Å². The van der Waals surface area contributed by atoms with Crippen molar-refractivity contribution >= 4 is 28.9 Å². The average molecular weight is 292 g/mol. The van der Waals surface area contributed by atoms with Gasteiger partial charge in [0.15, 0.2) is 5.78 Å². The van der Waals surface area contributed by atoms with Crippen molar-refractivity contribution in [2.45, 2.75) is 18.7 Å². The van der Waals surface area contributed by atoms with Crippen LogP contribution in [0, 0.1) is 0 Å². The fourth-order valence-corrected chi connectivity index (χ4v) is 3.31. The van der Waals surface area contributed by atoms with Gasteiger partial charge in [-0.15, -0.1) is 0 Å². The van der Waals surface area contributed by atoms with E-state index in [4.69, 9.17) is 4.74 Å². The van der Waals surface area contributed by atoms with E-state index < -0.39 is 0 Å². The lowest BCUT2D eigenvalue weighted by Gasteiger charge is -2.18. The average Bonchev–Trinajstić information content (AvgIpc) is 2.74. The molecule has 0 spiro atoms. The van der Waals surface area contributed by atoms with E-state index in [1.54, 1.807) is 31.9 Å². The summed E-state index contributed by atoms with van der Waals surface area (Å²) >= 11 is 1.65. The second kappa shape index (κ2) is 6.81. The quantitative estimate of drug-likeness (QED) is 0.644. The summed E-state index contributed by atoms with van der Waals surface area (Å²) in [7, 11) is 1.69. The van der Waals surface area contributed by atoms with E-state index in [-0.39, 0.29) is 5.78 Å². The summed E-state index contributed by atoms with van der Waals surface area (Å²) in [5, 5.41) is 4.33. The van der Waals surface area contributed by atoms with Gasteiger partial charge in [-0.05, 0) is 32.0 Å². The van der Waals surface area contributed by atoms with Gasteiger partial charge < -0.3 is 15.0 Å². The van der Waals surface area contributed by atoms with E-state index in [1.165, 1.54) is 4.90 Å². The third-order valence-corrected chi connectivity index (χ3v) is 4.12. The van der Waals surface area contributed by atoms with Crippen LogP contribution in [0.2, 0.25) is 0 Å². The Morgan fingerprint density at radius 3 is 2.95 bits per heavy atom. The lowest BCUT2D eigenvalue weighted by atomic mass is 10.2. The van der Waals surface area contributed by atoms with Gasteiger partial charge in [0.2, 0.25) is 0 Å². The summed E-state index contributed by atoms with van der Waals surface area (Å²) in [5.74, 6) is 0.0807. The third kappa shape index (κ3) is 3.35. The molecule has 1 N–H and O–H groups in total. The van der Waals surface area contributed by atoms with Crippen molar-refractivity contribution in [2.24, 2.45) is 0 Å². The standard InChI is InChI=1S/C15H20N2O2S/c1-4-17-13-10-12(16-7-8-19-3)5-6-14(13)20-15(17)9-11(2)18/h5-6,9-10,16H,4,7-8H2,1-3H3. The van der Waals surface area contributed by atoms with Gasteiger partial charge in [0.25, 0.3) is 0 Å². The molecule has 0 saturated heterocycles. The maximum Gasteiger partial charge on any atom is 0.155 e. The molecule has 1 aromatic carbocycles. The number of rotatable bonds is 6. The van der Waals surface area contributed by atoms with Gasteiger partial charge in [-0.2, -0.15) is 0 Å². The Balaban J connectivity index is 2.21. The third-order valence-electron chi connectivity index (χ3n) is 3.01. The highest BCUT2D eigenvalue weighted by molar-refractivity contribution is 8.03. The van der Waals surface area contributed by atoms with Gasteiger partial charge in [-0.1, -0.05) is 11.8 Å². The summed E-state index contributed by atoms with van der Waals surface area (Å²) < 4.78 is 5.04. The maximum atomic E-state index is 11.3. The second-order valence-electron chi connectivity index (χ2n) is 4.54. The van der Waals surface area contributed by atoms with Crippen molar-refractivity contribution < 1.29 is 9.53 Å². The lowest BCUT2D eigenvalue weighted by Crippen LogP contribution is -2.17. The maximum absolute atomic E-state index is 11.3. The number of ether oxygens (including phenoxy) is 1. The number of nitrogens with one attached hydrogen (secondary N) is 1. The van der Waals surface area contributed by atoms with Crippen LogP contribution in [0.3, 0.4) is 0 Å². The van der Waals surface area contributed by atoms with Crippen LogP contribution < -0.4 is 10.2 Å². The molecule has 2 rings (SSSR count). The number of allylic oxidation sites excluding steroid dienone is 1. The van der Waals surface area contributed by atoms with Crippen molar-refractivity contribution in [2.75, 3.05) is 37.0 Å². The molecule has 1 heterocycles. The van der Waals surface area contributed by atoms with Crippen molar-refractivity contribution in [3.63, 3.8) is 0 Å². The molecule has 5 heteroatoms. The molecule has 4 nitrogen and oxygen atoms in total. The van der Waals surface area contributed by atoms with Gasteiger partial charge in [0, 0.05) is 36.9 Å². The minimum atomic E-state index is 0.0807. The van der Waals surface area contributed by atoms with E-state index >= 15 is 0 Å². The molecule has 1 aromatic rings. The first-order chi connectivity index (χ1) is 9.65. The van der Waals surface area contributed by atoms with Crippen molar-refractivity contribution in [3.8, 4) is 0 Å². The topological polar surface area (TPSA) is 41.6 Å². The van der Waals surface area contributed by atoms with E-state index in [0.29, 0.717) is 6.61 Å². The lowest BCUT2D eigenvalue weighted by molar-refractivity contribution is -0.112. The number of benzene rings is 1. The van der Waals surface area contributed by atoms with Crippen molar-refractivity contribution in [1.82, 2.24) is 0 Å². The number of carbonyl (C=O) groups is 1. The Labute approximate surface area is 124 Å². The molecule has 0 amide bonds. The molecule has 1 aliphatic heterocycles. The number of carbonyl (C=O) groups excluding carboxylic acids is 1. The largest absolute Gasteiger partial charge is 0.383 e. The van der Waals surface area contributed by atoms with Crippen LogP contribution in [0.1, 0.15) is 13.8 Å². The number of anilines is 2. The minimum Gasteiger partial charge on any atom is -0.383 e. The predicted molar refractivity (Wildman–Crippen MR) is 84.4 cm³/mol. The number of ketones is 1. The molecule has 108 valence electrons. The molecule has 0 fully saturated rings. The first-order valence-corrected chi connectivity index (χ1v) is 7.52. The first kappa shape index (κ1) is 14.9. The molecule has 0 aliphatic carbocycles. The Hall–Kier alpha value is -1.46. The summed E-state index contributed by atoms with van der Waals surface area (Å²) in [6, 6.07) is 6.29. The molecule has 0 radical (unpaired) electrons. The normalized spacial score (nSPS) is 15.6. The Bertz CT molecular complexity index is 529. The van der Waals surface area contributed by atoms with Gasteiger partial charge in [-0.25, -0.2) is 0 Å². The van der Waals surface area contributed by atoms with Crippen LogP contribution in [-0.2, 0) is 9.53 Å². The van der Waals surface area contributed by atoms with Gasteiger partial charge in [-0.3, -0.25) is 4.79 Å². The Morgan fingerprint density at radius 2 is 2.30 bits per heavy atom. The zero-order chi connectivity index (χ0) is 14.5. The number of fused-ring (bicyclic) bond motifs is 1. The van der Waals surface area contributed by atoms with E-state index in [9.17, 15) is 4.79 Å². The Morgan fingerprint density at radius 1 is 1.50 bits per heavy atom. The highest BCUT2D eigenvalue weighted by Gasteiger charge is 2.24. The van der Waals surface area contributed by atoms with Crippen LogP contribution in [0.4, 0.5) is 11.4 Å². The number of hydrogen-bond acceptors (Lipinski definition) is 5. The number of methoxy groups -OCH3 is 1. The number of thioether (sulfide) groups is 1. The molecule has 0 aromatic heterocycles. The molecule has 0 saturated carbocycles. The van der Waals surface area contributed by atoms with Crippen LogP contribution >= 0.6 is 11.8 Å². The highest BCUT2D eigenvalue weighted by Crippen LogP contribution is 2.46. The zero-order valence-electron chi connectivity index (χ0n) is 12.1. The zero-order valence-corrected chi connectivity index (χ0v) is 12.9. The van der Waals surface area contributed by atoms with Gasteiger partial charge in [0.05, 0.1) is 17.3 Å². The van der Waals surface area contributed by atoms with Crippen LogP contribution in [0.25, 0.3) is 0 Å². The number of nitrogens with zero attached hydrogens (tertiary/aromatic N) is 1. The molecule has 20 heavy (non-hydrogen) atoms. The monoisotopic (exact) mass is 292 g/mol. The highest BCUT2D eigenvalue weighted by atomic mass is 32.2. The predicted octanol–water partition coefficient (Wildman–Crippen LogP) is 3.11. The van der Waals surface area contributed by atoms with Crippen molar-refractivity contribution in [3.05, 3.63) is 29.3 Å². The van der Waals surface area contributed by atoms with Gasteiger partial charge >= 0.3 is 0 Å². The molecular formula is C15H20N2O2S. The molecular weight excluding hydrogens is 272 g/mol. The fraction of sp³-hybridized carbons (Fsp3) is 0.400. The number of hydrogen-bond donors (Lipinski definition) is 1. The SMILES string of the molecule is CCN1C(=CC(C)=O)Sc2ccc(NCCOC)cc21. The minimum absolute atomic E-state index is 0.0807. The second-order valence-corrected chi connectivity index (χ2v) is 5.60. The molecule has 0 atom stereocenters. The Kier molecular flexibility index (Phi) is 5.09. The smallest absolute Gasteiger partial charge is 0.155 e. The molecule has 0 bridgehead atoms. The first-order valence-electron chi connectivity index (χ1n) is 6.70. The van der Waals surface area contributed by atoms with Gasteiger partial charge in [0.1, 0.15) is 0 Å². The van der Waals surface area contributed by atoms with E-state index in [2.05, 4.69) is 35.3 Å². The summed E-state index contributed by atoms with van der Waals surface area (Å²) in [6.07, 6.45) is 1.70. The summed E-state index contributed by atoms with van der Waals surface area (Å²) in [5.41, 5.74) is 2.23. The molecule has 1 aliphatic rings.